The van der Waals surface area contributed by atoms with Crippen LogP contribution in [0.25, 0.3) is 0 Å². The van der Waals surface area contributed by atoms with Crippen molar-refractivity contribution < 1.29 is 9.53 Å². The molecule has 0 heterocycles. The molecule has 166 valence electrons. The molecule has 0 spiro atoms. The highest BCUT2D eigenvalue weighted by atomic mass is 28.3. The summed E-state index contributed by atoms with van der Waals surface area (Å²) < 4.78 is 5.11. The molecule has 2 nitrogen and oxygen atoms in total. The van der Waals surface area contributed by atoms with E-state index in [1.165, 1.54) is 108 Å². The second-order valence-electron chi connectivity index (χ2n) is 9.60. The highest BCUT2D eigenvalue weighted by Crippen LogP contribution is 2.45. The summed E-state index contributed by atoms with van der Waals surface area (Å²) in [4.78, 5) is 12.2. The summed E-state index contributed by atoms with van der Waals surface area (Å²) in [6.45, 7) is 6.94. The van der Waals surface area contributed by atoms with Crippen LogP contribution in [0.1, 0.15) is 111 Å². The number of esters is 1. The molecule has 0 aromatic carbocycles. The molecule has 1 fully saturated rings. The van der Waals surface area contributed by atoms with Gasteiger partial charge in [-0.2, -0.15) is 0 Å². The molecule has 0 radical (unpaired) electrons. The molecule has 1 aliphatic rings. The van der Waals surface area contributed by atoms with E-state index >= 15 is 0 Å². The maximum Gasteiger partial charge on any atom is 0.308 e. The van der Waals surface area contributed by atoms with E-state index in [1.807, 2.05) is 0 Å². The molecule has 28 heavy (non-hydrogen) atoms. The van der Waals surface area contributed by atoms with Crippen molar-refractivity contribution in [1.29, 1.82) is 0 Å². The van der Waals surface area contributed by atoms with Gasteiger partial charge in [0.05, 0.1) is 21.1 Å². The predicted molar refractivity (Wildman–Crippen MR) is 126 cm³/mol. The Hall–Kier alpha value is -0.313. The van der Waals surface area contributed by atoms with Crippen LogP contribution in [0, 0.1) is 11.8 Å². The molecular weight excluding hydrogens is 360 g/mol. The first-order valence-corrected chi connectivity index (χ1v) is 15.5. The Morgan fingerprint density at radius 2 is 1.21 bits per heavy atom. The Bertz CT molecular complexity index is 365. The number of carbonyl (C=O) groups excluding carboxylic acids is 1. The third-order valence-corrected chi connectivity index (χ3v) is 12.9. The largest absolute Gasteiger partial charge is 0.469 e. The standard InChI is InChI=1S/C25H50O2Si/c1-5-8-11-14-19-28(20-15-12-9-6-2,21-16-13-10-7-3)22-23-17-18-24(23)25(26)27-4/h23-24H,5-22H2,1-4H3/t23-,24+/m0/s1. The maximum absolute atomic E-state index is 12.2. The van der Waals surface area contributed by atoms with Crippen molar-refractivity contribution in [2.24, 2.45) is 11.8 Å². The van der Waals surface area contributed by atoms with Gasteiger partial charge in [-0.05, 0) is 18.8 Å². The van der Waals surface area contributed by atoms with Crippen LogP contribution in [-0.2, 0) is 9.53 Å². The lowest BCUT2D eigenvalue weighted by atomic mass is 9.75. The van der Waals surface area contributed by atoms with Crippen LogP contribution in [0.15, 0.2) is 0 Å². The van der Waals surface area contributed by atoms with Gasteiger partial charge in [-0.25, -0.2) is 0 Å². The van der Waals surface area contributed by atoms with E-state index in [1.54, 1.807) is 7.11 Å². The number of carbonyl (C=O) groups is 1. The van der Waals surface area contributed by atoms with Crippen LogP contribution < -0.4 is 0 Å². The molecule has 0 saturated heterocycles. The number of ether oxygens (including phenoxy) is 1. The second kappa shape index (κ2) is 15.5. The Labute approximate surface area is 177 Å². The zero-order valence-electron chi connectivity index (χ0n) is 19.7. The molecule has 1 saturated carbocycles. The summed E-state index contributed by atoms with van der Waals surface area (Å²) in [5.41, 5.74) is 0. The van der Waals surface area contributed by atoms with Gasteiger partial charge in [-0.1, -0.05) is 122 Å². The van der Waals surface area contributed by atoms with Gasteiger partial charge in [0.25, 0.3) is 0 Å². The van der Waals surface area contributed by atoms with Crippen LogP contribution in [0.3, 0.4) is 0 Å². The van der Waals surface area contributed by atoms with E-state index in [0.717, 1.165) is 6.42 Å². The molecule has 2 atom stereocenters. The van der Waals surface area contributed by atoms with Crippen molar-refractivity contribution in [2.75, 3.05) is 7.11 Å². The fourth-order valence-corrected chi connectivity index (χ4v) is 11.3. The van der Waals surface area contributed by atoms with Gasteiger partial charge in [0.15, 0.2) is 0 Å². The average Bonchev–Trinajstić information content (AvgIpc) is 2.69. The summed E-state index contributed by atoms with van der Waals surface area (Å²) in [5.74, 6) is 0.934. The van der Waals surface area contributed by atoms with Crippen LogP contribution in [0.5, 0.6) is 0 Å². The summed E-state index contributed by atoms with van der Waals surface area (Å²) in [6.07, 6.45) is 19.1. The van der Waals surface area contributed by atoms with E-state index in [0.29, 0.717) is 5.92 Å². The third kappa shape index (κ3) is 9.46. The molecule has 1 aliphatic carbocycles. The lowest BCUT2D eigenvalue weighted by molar-refractivity contribution is -0.151. The molecule has 0 aromatic heterocycles. The number of unbranched alkanes of at least 4 members (excludes halogenated alkanes) is 9. The van der Waals surface area contributed by atoms with Crippen LogP contribution in [-0.4, -0.2) is 21.2 Å². The fourth-order valence-electron chi connectivity index (χ4n) is 5.29. The van der Waals surface area contributed by atoms with Gasteiger partial charge in [0.2, 0.25) is 0 Å². The summed E-state index contributed by atoms with van der Waals surface area (Å²) >= 11 is 0. The van der Waals surface area contributed by atoms with Gasteiger partial charge in [-0.3, -0.25) is 4.79 Å². The maximum atomic E-state index is 12.2. The summed E-state index contributed by atoms with van der Waals surface area (Å²) in [5, 5.41) is 0. The van der Waals surface area contributed by atoms with Gasteiger partial charge < -0.3 is 4.74 Å². The Morgan fingerprint density at radius 1 is 0.750 bits per heavy atom. The van der Waals surface area contributed by atoms with Crippen LogP contribution in [0.2, 0.25) is 24.2 Å². The van der Waals surface area contributed by atoms with Crippen molar-refractivity contribution in [3.8, 4) is 0 Å². The average molecular weight is 411 g/mol. The Kier molecular flexibility index (Phi) is 14.3. The highest BCUT2D eigenvalue weighted by Gasteiger charge is 2.43. The minimum absolute atomic E-state index is 0.0714. The van der Waals surface area contributed by atoms with E-state index in [-0.39, 0.29) is 11.9 Å². The zero-order chi connectivity index (χ0) is 20.7. The first kappa shape index (κ1) is 25.7. The Balaban J connectivity index is 2.77. The number of hydrogen-bond acceptors (Lipinski definition) is 2. The Morgan fingerprint density at radius 3 is 1.54 bits per heavy atom. The fraction of sp³-hybridized carbons (Fsp3) is 0.960. The predicted octanol–water partition coefficient (Wildman–Crippen LogP) is 8.38. The third-order valence-electron chi connectivity index (χ3n) is 7.30. The highest BCUT2D eigenvalue weighted by molar-refractivity contribution is 6.80. The first-order chi connectivity index (χ1) is 13.6. The van der Waals surface area contributed by atoms with E-state index < -0.39 is 8.07 Å². The quantitative estimate of drug-likeness (QED) is 0.129. The van der Waals surface area contributed by atoms with Gasteiger partial charge in [0.1, 0.15) is 0 Å². The number of rotatable bonds is 18. The molecule has 0 amide bonds. The minimum atomic E-state index is -1.29. The second-order valence-corrected chi connectivity index (χ2v) is 14.5. The summed E-state index contributed by atoms with van der Waals surface area (Å²) in [7, 11) is 0.286. The topological polar surface area (TPSA) is 26.3 Å². The van der Waals surface area contributed by atoms with E-state index in [9.17, 15) is 4.79 Å². The molecule has 0 bridgehead atoms. The number of hydrogen-bond donors (Lipinski definition) is 0. The van der Waals surface area contributed by atoms with Crippen molar-refractivity contribution in [3.05, 3.63) is 0 Å². The monoisotopic (exact) mass is 410 g/mol. The molecular formula is C25H50O2Si. The zero-order valence-corrected chi connectivity index (χ0v) is 20.7. The molecule has 1 rings (SSSR count). The SMILES string of the molecule is CCCCCC[Si](CCCCCC)(CCCCCC)C[C@@H]1CC[C@H]1C(=O)OC. The lowest BCUT2D eigenvalue weighted by Gasteiger charge is -2.42. The molecule has 0 aromatic rings. The van der Waals surface area contributed by atoms with E-state index in [2.05, 4.69) is 20.8 Å². The molecule has 3 heteroatoms. The smallest absolute Gasteiger partial charge is 0.308 e. The van der Waals surface area contributed by atoms with Crippen LogP contribution in [0.4, 0.5) is 0 Å². The molecule has 0 unspecified atom stereocenters. The summed E-state index contributed by atoms with van der Waals surface area (Å²) in [6, 6.07) is 5.98. The van der Waals surface area contributed by atoms with Crippen molar-refractivity contribution in [3.63, 3.8) is 0 Å². The minimum Gasteiger partial charge on any atom is -0.469 e. The number of methoxy groups -OCH3 is 1. The molecule has 0 N–H and O–H groups in total. The lowest BCUT2D eigenvalue weighted by Crippen LogP contribution is -2.43. The molecule has 0 aliphatic heterocycles. The van der Waals surface area contributed by atoms with Crippen molar-refractivity contribution in [2.45, 2.75) is 135 Å². The normalized spacial score (nSPS) is 19.4. The van der Waals surface area contributed by atoms with Crippen molar-refractivity contribution in [1.82, 2.24) is 0 Å². The van der Waals surface area contributed by atoms with Gasteiger partial charge >= 0.3 is 5.97 Å². The van der Waals surface area contributed by atoms with Crippen LogP contribution >= 0.6 is 0 Å². The van der Waals surface area contributed by atoms with Gasteiger partial charge in [-0.15, -0.1) is 0 Å². The van der Waals surface area contributed by atoms with E-state index in [4.69, 9.17) is 4.74 Å². The van der Waals surface area contributed by atoms with Gasteiger partial charge in [0, 0.05) is 0 Å². The first-order valence-electron chi connectivity index (χ1n) is 12.7. The van der Waals surface area contributed by atoms with Crippen molar-refractivity contribution >= 4 is 14.0 Å².